The Labute approximate surface area is 120 Å². The first-order valence-corrected chi connectivity index (χ1v) is 6.12. The van der Waals surface area contributed by atoms with E-state index in [9.17, 15) is 9.59 Å². The van der Waals surface area contributed by atoms with Gasteiger partial charge in [-0.25, -0.2) is 9.78 Å². The maximum absolute atomic E-state index is 11.9. The third kappa shape index (κ3) is 3.13. The van der Waals surface area contributed by atoms with E-state index >= 15 is 0 Å². The van der Waals surface area contributed by atoms with Gasteiger partial charge in [0.15, 0.2) is 0 Å². The van der Waals surface area contributed by atoms with Gasteiger partial charge in [-0.15, -0.1) is 0 Å². The fraction of sp³-hybridized carbons (Fsp3) is 0.0714. The summed E-state index contributed by atoms with van der Waals surface area (Å²) < 4.78 is 0. The van der Waals surface area contributed by atoms with Gasteiger partial charge < -0.3 is 10.4 Å². The van der Waals surface area contributed by atoms with Crippen molar-refractivity contribution in [1.82, 2.24) is 4.98 Å². The number of aromatic carboxylic acids is 1. The van der Waals surface area contributed by atoms with Crippen LogP contribution in [0, 0.1) is 6.92 Å². The van der Waals surface area contributed by atoms with E-state index in [1.807, 2.05) is 0 Å². The fourth-order valence-corrected chi connectivity index (χ4v) is 1.76. The van der Waals surface area contributed by atoms with Gasteiger partial charge >= 0.3 is 5.97 Å². The van der Waals surface area contributed by atoms with Crippen molar-refractivity contribution in [3.8, 4) is 0 Å². The van der Waals surface area contributed by atoms with Crippen LogP contribution in [0.4, 0.5) is 5.69 Å². The fourth-order valence-electron chi connectivity index (χ4n) is 1.64. The molecule has 1 aromatic carbocycles. The maximum atomic E-state index is 11.9. The molecular formula is C14H11ClN2O3. The van der Waals surface area contributed by atoms with Gasteiger partial charge in [-0.3, -0.25) is 4.79 Å². The standard InChI is InChI=1S/C14H11ClN2O3/c1-8-2-4-10(6-11(8)14(19)20)17-13(18)9-3-5-12(15)16-7-9/h2-7H,1H3,(H,17,18)(H,19,20). The summed E-state index contributed by atoms with van der Waals surface area (Å²) in [6.07, 6.45) is 1.35. The number of amides is 1. The van der Waals surface area contributed by atoms with E-state index in [1.54, 1.807) is 19.1 Å². The SMILES string of the molecule is Cc1ccc(NC(=O)c2ccc(Cl)nc2)cc1C(=O)O. The number of rotatable bonds is 3. The lowest BCUT2D eigenvalue weighted by molar-refractivity contribution is 0.0695. The highest BCUT2D eigenvalue weighted by Gasteiger charge is 2.11. The summed E-state index contributed by atoms with van der Waals surface area (Å²) in [7, 11) is 0. The van der Waals surface area contributed by atoms with Crippen LogP contribution in [0.2, 0.25) is 5.15 Å². The number of aryl methyl sites for hydroxylation is 1. The number of hydrogen-bond acceptors (Lipinski definition) is 3. The number of carbonyl (C=O) groups excluding carboxylic acids is 1. The van der Waals surface area contributed by atoms with Gasteiger partial charge in [0.1, 0.15) is 5.15 Å². The molecule has 1 aromatic heterocycles. The highest BCUT2D eigenvalue weighted by atomic mass is 35.5. The number of anilines is 1. The quantitative estimate of drug-likeness (QED) is 0.852. The molecule has 1 heterocycles. The minimum atomic E-state index is -1.04. The Bertz CT molecular complexity index is 669. The van der Waals surface area contributed by atoms with Crippen molar-refractivity contribution in [2.75, 3.05) is 5.32 Å². The van der Waals surface area contributed by atoms with Gasteiger partial charge in [-0.05, 0) is 36.8 Å². The smallest absolute Gasteiger partial charge is 0.336 e. The lowest BCUT2D eigenvalue weighted by Gasteiger charge is -2.07. The normalized spacial score (nSPS) is 10.1. The molecule has 0 saturated heterocycles. The molecule has 6 heteroatoms. The summed E-state index contributed by atoms with van der Waals surface area (Å²) in [5.41, 5.74) is 1.53. The molecule has 0 unspecified atom stereocenters. The van der Waals surface area contributed by atoms with Crippen molar-refractivity contribution in [3.63, 3.8) is 0 Å². The molecule has 0 aliphatic carbocycles. The second kappa shape index (κ2) is 5.71. The zero-order chi connectivity index (χ0) is 14.7. The third-order valence-corrected chi connectivity index (χ3v) is 2.94. The van der Waals surface area contributed by atoms with Crippen molar-refractivity contribution in [3.05, 3.63) is 58.4 Å². The van der Waals surface area contributed by atoms with Crippen LogP contribution in [-0.2, 0) is 0 Å². The van der Waals surface area contributed by atoms with E-state index in [4.69, 9.17) is 16.7 Å². The molecule has 0 aliphatic heterocycles. The van der Waals surface area contributed by atoms with Crippen LogP contribution >= 0.6 is 11.6 Å². The van der Waals surface area contributed by atoms with Crippen molar-refractivity contribution < 1.29 is 14.7 Å². The zero-order valence-corrected chi connectivity index (χ0v) is 11.3. The minimum Gasteiger partial charge on any atom is -0.478 e. The number of halogens is 1. The number of hydrogen-bond donors (Lipinski definition) is 2. The predicted octanol–water partition coefficient (Wildman–Crippen LogP) is 2.99. The average molecular weight is 291 g/mol. The maximum Gasteiger partial charge on any atom is 0.336 e. The molecule has 0 saturated carbocycles. The molecule has 0 radical (unpaired) electrons. The van der Waals surface area contributed by atoms with Gasteiger partial charge in [0.05, 0.1) is 11.1 Å². The third-order valence-electron chi connectivity index (χ3n) is 2.72. The lowest BCUT2D eigenvalue weighted by Crippen LogP contribution is -2.13. The number of aromatic nitrogens is 1. The summed E-state index contributed by atoms with van der Waals surface area (Å²) in [5.74, 6) is -1.42. The molecule has 0 fully saturated rings. The van der Waals surface area contributed by atoms with Crippen molar-refractivity contribution in [1.29, 1.82) is 0 Å². The van der Waals surface area contributed by atoms with E-state index in [2.05, 4.69) is 10.3 Å². The molecular weight excluding hydrogens is 280 g/mol. The summed E-state index contributed by atoms with van der Waals surface area (Å²) in [6.45, 7) is 1.69. The summed E-state index contributed by atoms with van der Waals surface area (Å²) in [5, 5.41) is 11.9. The van der Waals surface area contributed by atoms with Crippen molar-refractivity contribution >= 4 is 29.2 Å². The number of carboxylic acids is 1. The molecule has 1 amide bonds. The molecule has 2 N–H and O–H groups in total. The number of nitrogens with one attached hydrogen (secondary N) is 1. The molecule has 2 aromatic rings. The van der Waals surface area contributed by atoms with Crippen LogP contribution in [0.1, 0.15) is 26.3 Å². The van der Waals surface area contributed by atoms with Gasteiger partial charge in [0, 0.05) is 11.9 Å². The Morgan fingerprint density at radius 3 is 2.60 bits per heavy atom. The van der Waals surface area contributed by atoms with Crippen LogP contribution in [0.5, 0.6) is 0 Å². The Hall–Kier alpha value is -2.40. The largest absolute Gasteiger partial charge is 0.478 e. The number of carboxylic acid groups (broad SMARTS) is 1. The molecule has 0 atom stereocenters. The Balaban J connectivity index is 2.21. The van der Waals surface area contributed by atoms with E-state index in [0.29, 0.717) is 22.0 Å². The number of pyridine rings is 1. The molecule has 2 rings (SSSR count). The summed E-state index contributed by atoms with van der Waals surface area (Å²) >= 11 is 5.64. The summed E-state index contributed by atoms with van der Waals surface area (Å²) in [6, 6.07) is 7.74. The summed E-state index contributed by atoms with van der Waals surface area (Å²) in [4.78, 5) is 26.8. The second-order valence-electron chi connectivity index (χ2n) is 4.16. The number of nitrogens with zero attached hydrogens (tertiary/aromatic N) is 1. The molecule has 0 spiro atoms. The van der Waals surface area contributed by atoms with Crippen molar-refractivity contribution in [2.24, 2.45) is 0 Å². The lowest BCUT2D eigenvalue weighted by atomic mass is 10.1. The first-order valence-electron chi connectivity index (χ1n) is 5.74. The highest BCUT2D eigenvalue weighted by molar-refractivity contribution is 6.29. The average Bonchev–Trinajstić information content (AvgIpc) is 2.41. The van der Waals surface area contributed by atoms with E-state index in [-0.39, 0.29) is 11.5 Å². The van der Waals surface area contributed by atoms with Crippen LogP contribution in [-0.4, -0.2) is 22.0 Å². The van der Waals surface area contributed by atoms with E-state index in [1.165, 1.54) is 24.4 Å². The number of benzene rings is 1. The van der Waals surface area contributed by atoms with Crippen LogP contribution < -0.4 is 5.32 Å². The van der Waals surface area contributed by atoms with Crippen LogP contribution in [0.25, 0.3) is 0 Å². The van der Waals surface area contributed by atoms with Gasteiger partial charge in [0.2, 0.25) is 0 Å². The zero-order valence-electron chi connectivity index (χ0n) is 10.6. The van der Waals surface area contributed by atoms with Gasteiger partial charge in [-0.2, -0.15) is 0 Å². The Morgan fingerprint density at radius 1 is 1.25 bits per heavy atom. The van der Waals surface area contributed by atoms with Crippen LogP contribution in [0.3, 0.4) is 0 Å². The van der Waals surface area contributed by atoms with Crippen LogP contribution in [0.15, 0.2) is 36.5 Å². The number of carbonyl (C=O) groups is 2. The minimum absolute atomic E-state index is 0.150. The van der Waals surface area contributed by atoms with Gasteiger partial charge in [0.25, 0.3) is 5.91 Å². The molecule has 5 nitrogen and oxygen atoms in total. The molecule has 0 aliphatic rings. The predicted molar refractivity (Wildman–Crippen MR) is 75.3 cm³/mol. The Morgan fingerprint density at radius 2 is 2.00 bits per heavy atom. The topological polar surface area (TPSA) is 79.3 Å². The van der Waals surface area contributed by atoms with E-state index < -0.39 is 5.97 Å². The van der Waals surface area contributed by atoms with Gasteiger partial charge in [-0.1, -0.05) is 17.7 Å². The molecule has 0 bridgehead atoms. The van der Waals surface area contributed by atoms with Crippen molar-refractivity contribution in [2.45, 2.75) is 6.92 Å². The van der Waals surface area contributed by atoms with E-state index in [0.717, 1.165) is 0 Å². The highest BCUT2D eigenvalue weighted by Crippen LogP contribution is 2.16. The first-order chi connectivity index (χ1) is 9.47. The molecule has 20 heavy (non-hydrogen) atoms. The second-order valence-corrected chi connectivity index (χ2v) is 4.55. The Kier molecular flexibility index (Phi) is 4.00. The molecule has 102 valence electrons. The first kappa shape index (κ1) is 14.0. The monoisotopic (exact) mass is 290 g/mol.